The molecule has 0 unspecified atom stereocenters. The summed E-state index contributed by atoms with van der Waals surface area (Å²) in [5, 5.41) is 1.42. The zero-order valence-corrected chi connectivity index (χ0v) is 19.6. The molecule has 0 N–H and O–H groups in total. The first-order valence-electron chi connectivity index (χ1n) is 10.6. The normalized spacial score (nSPS) is 14.5. The van der Waals surface area contributed by atoms with Gasteiger partial charge in [-0.3, -0.25) is 4.90 Å². The Morgan fingerprint density at radius 3 is 1.78 bits per heavy atom. The van der Waals surface area contributed by atoms with Gasteiger partial charge < -0.3 is 0 Å². The monoisotopic (exact) mass is 471 g/mol. The summed E-state index contributed by atoms with van der Waals surface area (Å²) in [7, 11) is 0. The van der Waals surface area contributed by atoms with Crippen LogP contribution in [0.4, 0.5) is 8.78 Å². The molecule has 1 saturated heterocycles. The maximum atomic E-state index is 13.6. The van der Waals surface area contributed by atoms with Crippen LogP contribution in [0.3, 0.4) is 0 Å². The highest BCUT2D eigenvalue weighted by Gasteiger charge is 2.31. The smallest absolute Gasteiger partial charge is 0.126 e. The molecule has 3 aromatic rings. The topological polar surface area (TPSA) is 3.24 Å². The largest absolute Gasteiger partial charge is 0.284 e. The molecular weight excluding hydrogens is 447 g/mol. The van der Waals surface area contributed by atoms with Gasteiger partial charge in [0.05, 0.1) is 6.04 Å². The number of hydrogen-bond acceptors (Lipinski definition) is 1. The molecule has 1 aliphatic heterocycles. The third-order valence-electron chi connectivity index (χ3n) is 5.73. The van der Waals surface area contributed by atoms with E-state index < -0.39 is 11.6 Å². The van der Waals surface area contributed by atoms with Crippen molar-refractivity contribution in [3.05, 3.63) is 117 Å². The third kappa shape index (κ3) is 5.58. The fraction of sp³-hybridized carbons (Fsp3) is 0.259. The molecule has 1 aliphatic rings. The summed E-state index contributed by atoms with van der Waals surface area (Å²) in [6.45, 7) is 5.86. The summed E-state index contributed by atoms with van der Waals surface area (Å²) in [5.41, 5.74) is 4.12. The van der Waals surface area contributed by atoms with Gasteiger partial charge in [-0.1, -0.05) is 67.4 Å². The minimum Gasteiger partial charge on any atom is -0.284 e. The Morgan fingerprint density at radius 1 is 0.844 bits per heavy atom. The van der Waals surface area contributed by atoms with Crippen LogP contribution >= 0.6 is 23.2 Å². The van der Waals surface area contributed by atoms with E-state index in [2.05, 4.69) is 49.1 Å². The van der Waals surface area contributed by atoms with Crippen LogP contribution in [0.15, 0.2) is 78.4 Å². The Morgan fingerprint density at radius 2 is 1.31 bits per heavy atom. The minimum absolute atomic E-state index is 0.0992. The van der Waals surface area contributed by atoms with Crippen molar-refractivity contribution < 1.29 is 8.78 Å². The second-order valence-electron chi connectivity index (χ2n) is 9.16. The number of likely N-dealkylation sites (tertiary alicyclic amines) is 1. The summed E-state index contributed by atoms with van der Waals surface area (Å²) in [6.07, 6.45) is 2.82. The number of hydrogen-bond donors (Lipinski definition) is 0. The van der Waals surface area contributed by atoms with E-state index in [1.165, 1.54) is 28.8 Å². The van der Waals surface area contributed by atoms with Crippen molar-refractivity contribution in [2.75, 3.05) is 13.1 Å². The first-order chi connectivity index (χ1) is 15.2. The van der Waals surface area contributed by atoms with Gasteiger partial charge in [0.2, 0.25) is 0 Å². The molecule has 1 nitrogen and oxygen atoms in total. The molecule has 5 heteroatoms. The summed E-state index contributed by atoms with van der Waals surface area (Å²) >= 11 is 12.2. The molecule has 0 radical (unpaired) electrons. The lowest BCUT2D eigenvalue weighted by atomic mass is 9.82. The molecule has 3 aromatic carbocycles. The van der Waals surface area contributed by atoms with Gasteiger partial charge in [-0.15, -0.1) is 0 Å². The Balaban J connectivity index is 1.52. The van der Waals surface area contributed by atoms with Crippen molar-refractivity contribution in [1.82, 2.24) is 4.90 Å². The third-order valence-corrected chi connectivity index (χ3v) is 6.23. The van der Waals surface area contributed by atoms with E-state index in [1.54, 1.807) is 0 Å². The van der Waals surface area contributed by atoms with Gasteiger partial charge in [0.15, 0.2) is 0 Å². The van der Waals surface area contributed by atoms with Crippen LogP contribution in [0.5, 0.6) is 0 Å². The van der Waals surface area contributed by atoms with Crippen molar-refractivity contribution in [3.63, 3.8) is 0 Å². The molecule has 0 spiro atoms. The molecule has 0 bridgehead atoms. The first-order valence-corrected chi connectivity index (χ1v) is 11.3. The summed E-state index contributed by atoms with van der Waals surface area (Å²) in [5.74, 6) is -1.07. The van der Waals surface area contributed by atoms with Gasteiger partial charge in [0, 0.05) is 29.2 Å². The maximum Gasteiger partial charge on any atom is 0.126 e. The van der Waals surface area contributed by atoms with Crippen LogP contribution in [0.1, 0.15) is 36.6 Å². The van der Waals surface area contributed by atoms with Crippen molar-refractivity contribution in [1.29, 1.82) is 0 Å². The SMILES string of the molecule is CC(C)(C=C1CN(C(c2ccc(Cl)cc2)c2ccc(Cl)cc2)C1)Cc1cc(F)cc(F)c1. The maximum absolute atomic E-state index is 13.6. The van der Waals surface area contributed by atoms with Gasteiger partial charge in [0.25, 0.3) is 0 Å². The van der Waals surface area contributed by atoms with E-state index in [4.69, 9.17) is 23.2 Å². The first kappa shape index (κ1) is 23.0. The average molecular weight is 472 g/mol. The summed E-state index contributed by atoms with van der Waals surface area (Å²) in [4.78, 5) is 2.40. The van der Waals surface area contributed by atoms with Gasteiger partial charge >= 0.3 is 0 Å². The molecule has 0 aromatic heterocycles. The Bertz CT molecular complexity index is 1050. The van der Waals surface area contributed by atoms with Crippen LogP contribution in [0, 0.1) is 17.0 Å². The van der Waals surface area contributed by atoms with E-state index in [9.17, 15) is 8.78 Å². The molecule has 32 heavy (non-hydrogen) atoms. The zero-order chi connectivity index (χ0) is 22.9. The number of halogens is 4. The number of allylic oxidation sites excluding steroid dienone is 1. The molecule has 0 amide bonds. The lowest BCUT2D eigenvalue weighted by molar-refractivity contribution is 0.198. The average Bonchev–Trinajstić information content (AvgIpc) is 2.67. The highest BCUT2D eigenvalue weighted by atomic mass is 35.5. The van der Waals surface area contributed by atoms with Gasteiger partial charge in [0.1, 0.15) is 11.6 Å². The fourth-order valence-corrected chi connectivity index (χ4v) is 4.75. The van der Waals surface area contributed by atoms with Crippen molar-refractivity contribution in [2.45, 2.75) is 26.3 Å². The highest BCUT2D eigenvalue weighted by Crippen LogP contribution is 2.37. The van der Waals surface area contributed by atoms with E-state index in [1.807, 2.05) is 24.3 Å². The van der Waals surface area contributed by atoms with Crippen LogP contribution in [-0.2, 0) is 6.42 Å². The van der Waals surface area contributed by atoms with E-state index in [0.717, 1.165) is 19.2 Å². The number of benzene rings is 3. The van der Waals surface area contributed by atoms with E-state index in [-0.39, 0.29) is 11.5 Å². The predicted octanol–water partition coefficient (Wildman–Crippen LogP) is 7.87. The molecule has 4 rings (SSSR count). The molecule has 0 aliphatic carbocycles. The van der Waals surface area contributed by atoms with Crippen LogP contribution in [0.2, 0.25) is 10.0 Å². The summed E-state index contributed by atoms with van der Waals surface area (Å²) < 4.78 is 27.2. The van der Waals surface area contributed by atoms with Gasteiger partial charge in [-0.05, 0) is 70.5 Å². The van der Waals surface area contributed by atoms with Crippen LogP contribution in [0.25, 0.3) is 0 Å². The van der Waals surface area contributed by atoms with Crippen molar-refractivity contribution >= 4 is 23.2 Å². The predicted molar refractivity (Wildman–Crippen MR) is 128 cm³/mol. The summed E-state index contributed by atoms with van der Waals surface area (Å²) in [6, 6.07) is 19.7. The standard InChI is InChI=1S/C27H25Cl2F2N/c1-27(2,14-18-11-24(30)13-25(31)12-18)15-19-16-32(17-19)26(20-3-7-22(28)8-4-20)21-5-9-23(29)10-6-21/h3-13,15,26H,14,16-17H2,1-2H3. The van der Waals surface area contributed by atoms with Crippen molar-refractivity contribution in [2.24, 2.45) is 5.41 Å². The Labute approximate surface area is 198 Å². The molecule has 1 heterocycles. The van der Waals surface area contributed by atoms with E-state index in [0.29, 0.717) is 22.0 Å². The molecule has 1 fully saturated rings. The number of nitrogens with zero attached hydrogens (tertiary/aromatic N) is 1. The van der Waals surface area contributed by atoms with Crippen molar-refractivity contribution in [3.8, 4) is 0 Å². The Hall–Kier alpha value is -2.20. The minimum atomic E-state index is -0.535. The van der Waals surface area contributed by atoms with Crippen LogP contribution in [-0.4, -0.2) is 18.0 Å². The molecule has 0 saturated carbocycles. The lowest BCUT2D eigenvalue weighted by Gasteiger charge is -2.42. The Kier molecular flexibility index (Phi) is 6.71. The van der Waals surface area contributed by atoms with E-state index >= 15 is 0 Å². The van der Waals surface area contributed by atoms with Gasteiger partial charge in [-0.2, -0.15) is 0 Å². The fourth-order valence-electron chi connectivity index (χ4n) is 4.50. The molecular formula is C27H25Cl2F2N. The van der Waals surface area contributed by atoms with Crippen LogP contribution < -0.4 is 0 Å². The molecule has 166 valence electrons. The zero-order valence-electron chi connectivity index (χ0n) is 18.1. The molecule has 0 atom stereocenters. The quantitative estimate of drug-likeness (QED) is 0.330. The lowest BCUT2D eigenvalue weighted by Crippen LogP contribution is -2.43. The van der Waals surface area contributed by atoms with Gasteiger partial charge in [-0.25, -0.2) is 8.78 Å². The number of rotatable bonds is 6. The highest BCUT2D eigenvalue weighted by molar-refractivity contribution is 6.30. The second-order valence-corrected chi connectivity index (χ2v) is 10.0. The second kappa shape index (κ2) is 9.35.